The minimum Gasteiger partial charge on any atom is -0.358 e. The molecule has 0 spiro atoms. The summed E-state index contributed by atoms with van der Waals surface area (Å²) >= 11 is 0. The van der Waals surface area contributed by atoms with Crippen LogP contribution < -0.4 is 10.6 Å². The molecule has 2 fully saturated rings. The van der Waals surface area contributed by atoms with Crippen molar-refractivity contribution < 1.29 is 4.79 Å². The summed E-state index contributed by atoms with van der Waals surface area (Å²) in [5.41, 5.74) is 3.32. The van der Waals surface area contributed by atoms with Crippen LogP contribution in [0.3, 0.4) is 0 Å². The van der Waals surface area contributed by atoms with Gasteiger partial charge in [-0.1, -0.05) is 42.3 Å². The molecule has 0 aliphatic carbocycles. The molecule has 2 atom stereocenters. The molecule has 4 rings (SSSR count). The van der Waals surface area contributed by atoms with E-state index in [1.807, 2.05) is 10.9 Å². The van der Waals surface area contributed by atoms with Gasteiger partial charge >= 0.3 is 0 Å². The summed E-state index contributed by atoms with van der Waals surface area (Å²) in [6.45, 7) is 4.18. The quantitative estimate of drug-likeness (QED) is 0.726. The van der Waals surface area contributed by atoms with Crippen molar-refractivity contribution in [3.8, 4) is 11.3 Å². The standard InChI is InChI=1S/C21H30N6O.2ClH/c1-22-21(28)19-12-18(13-23-19)27-15-20(24-25-27)17-8-6-16(7-9-17)14-26-10-4-2-3-5-11-26;;/h6-9,15,18-19,23H,2-5,10-14H2,1H3,(H,22,28);2*1H/t18-,19-;;/m0../s1. The smallest absolute Gasteiger partial charge is 0.236 e. The second-order valence-corrected chi connectivity index (χ2v) is 7.94. The number of likely N-dealkylation sites (N-methyl/N-ethyl adjacent to an activating group) is 1. The third-order valence-electron chi connectivity index (χ3n) is 5.91. The Morgan fingerprint density at radius 3 is 2.50 bits per heavy atom. The predicted molar refractivity (Wildman–Crippen MR) is 123 cm³/mol. The minimum atomic E-state index is -0.152. The Hall–Kier alpha value is -1.67. The lowest BCUT2D eigenvalue weighted by molar-refractivity contribution is -0.122. The van der Waals surface area contributed by atoms with Gasteiger partial charge in [-0.25, -0.2) is 4.68 Å². The molecule has 2 N–H and O–H groups in total. The topological polar surface area (TPSA) is 75.1 Å². The molecule has 0 saturated carbocycles. The molecular weight excluding hydrogens is 423 g/mol. The second kappa shape index (κ2) is 11.6. The van der Waals surface area contributed by atoms with Crippen molar-refractivity contribution in [3.05, 3.63) is 36.0 Å². The van der Waals surface area contributed by atoms with Gasteiger partial charge in [-0.15, -0.1) is 29.9 Å². The number of nitrogens with one attached hydrogen (secondary N) is 2. The van der Waals surface area contributed by atoms with Gasteiger partial charge in [-0.2, -0.15) is 0 Å². The van der Waals surface area contributed by atoms with Crippen molar-refractivity contribution in [2.24, 2.45) is 0 Å². The Morgan fingerprint density at radius 1 is 1.13 bits per heavy atom. The lowest BCUT2D eigenvalue weighted by Crippen LogP contribution is -2.38. The fourth-order valence-corrected chi connectivity index (χ4v) is 4.21. The number of hydrogen-bond acceptors (Lipinski definition) is 5. The molecule has 1 aromatic heterocycles. The van der Waals surface area contributed by atoms with E-state index in [0.29, 0.717) is 0 Å². The number of halogens is 2. The summed E-state index contributed by atoms with van der Waals surface area (Å²) in [6, 6.07) is 8.70. The SMILES string of the molecule is CNC(=O)[C@@H]1C[C@H](n2cc(-c3ccc(CN4CCCCCC4)cc3)nn2)CN1.Cl.Cl. The lowest BCUT2D eigenvalue weighted by Gasteiger charge is -2.19. The Labute approximate surface area is 190 Å². The number of aromatic nitrogens is 3. The zero-order valence-electron chi connectivity index (χ0n) is 17.4. The van der Waals surface area contributed by atoms with Crippen molar-refractivity contribution >= 4 is 30.7 Å². The Morgan fingerprint density at radius 2 is 1.83 bits per heavy atom. The van der Waals surface area contributed by atoms with Crippen molar-refractivity contribution in [2.75, 3.05) is 26.7 Å². The first-order chi connectivity index (χ1) is 13.7. The third-order valence-corrected chi connectivity index (χ3v) is 5.91. The average Bonchev–Trinajstić information content (AvgIpc) is 3.34. The highest BCUT2D eigenvalue weighted by atomic mass is 35.5. The van der Waals surface area contributed by atoms with E-state index in [2.05, 4.69) is 50.1 Å². The molecule has 2 aromatic rings. The van der Waals surface area contributed by atoms with Gasteiger partial charge in [0.05, 0.1) is 18.3 Å². The van der Waals surface area contributed by atoms with Gasteiger partial charge in [0, 0.05) is 25.7 Å². The van der Waals surface area contributed by atoms with Crippen molar-refractivity contribution in [1.82, 2.24) is 30.5 Å². The largest absolute Gasteiger partial charge is 0.358 e. The van der Waals surface area contributed by atoms with Gasteiger partial charge in [-0.05, 0) is 37.9 Å². The molecule has 9 heteroatoms. The fraction of sp³-hybridized carbons (Fsp3) is 0.571. The van der Waals surface area contributed by atoms with Crippen LogP contribution in [0.1, 0.15) is 43.7 Å². The number of likely N-dealkylation sites (tertiary alicyclic amines) is 1. The first kappa shape index (κ1) is 24.6. The van der Waals surface area contributed by atoms with Crippen LogP contribution in [0.5, 0.6) is 0 Å². The summed E-state index contributed by atoms with van der Waals surface area (Å²) in [5.74, 6) is 0.0304. The molecule has 2 aliphatic heterocycles. The van der Waals surface area contributed by atoms with E-state index in [4.69, 9.17) is 0 Å². The van der Waals surface area contributed by atoms with E-state index in [-0.39, 0.29) is 42.8 Å². The van der Waals surface area contributed by atoms with Gasteiger partial charge in [0.1, 0.15) is 5.69 Å². The highest BCUT2D eigenvalue weighted by molar-refractivity contribution is 5.85. The van der Waals surface area contributed by atoms with Crippen molar-refractivity contribution in [3.63, 3.8) is 0 Å². The van der Waals surface area contributed by atoms with E-state index < -0.39 is 0 Å². The van der Waals surface area contributed by atoms with Crippen LogP contribution in [0.15, 0.2) is 30.5 Å². The molecular formula is C21H32Cl2N6O. The zero-order valence-corrected chi connectivity index (χ0v) is 19.1. The fourth-order valence-electron chi connectivity index (χ4n) is 4.21. The van der Waals surface area contributed by atoms with Gasteiger partial charge < -0.3 is 10.6 Å². The van der Waals surface area contributed by atoms with E-state index >= 15 is 0 Å². The first-order valence-electron chi connectivity index (χ1n) is 10.4. The summed E-state index contributed by atoms with van der Waals surface area (Å²) in [5, 5.41) is 14.6. The molecule has 2 aliphatic rings. The highest BCUT2D eigenvalue weighted by Gasteiger charge is 2.30. The maximum Gasteiger partial charge on any atom is 0.236 e. The number of nitrogens with zero attached hydrogens (tertiary/aromatic N) is 4. The Balaban J connectivity index is 0.00000160. The maximum absolute atomic E-state index is 11.8. The van der Waals surface area contributed by atoms with Crippen LogP contribution in [-0.4, -0.2) is 58.5 Å². The minimum absolute atomic E-state index is 0. The van der Waals surface area contributed by atoms with Gasteiger partial charge in [0.25, 0.3) is 0 Å². The van der Waals surface area contributed by atoms with Crippen LogP contribution in [0, 0.1) is 0 Å². The molecule has 2 saturated heterocycles. The maximum atomic E-state index is 11.8. The lowest BCUT2D eigenvalue weighted by atomic mass is 10.1. The number of amides is 1. The average molecular weight is 455 g/mol. The third kappa shape index (κ3) is 5.94. The predicted octanol–water partition coefficient (Wildman–Crippen LogP) is 2.81. The van der Waals surface area contributed by atoms with Crippen LogP contribution in [0.4, 0.5) is 0 Å². The van der Waals surface area contributed by atoms with Crippen LogP contribution in [-0.2, 0) is 11.3 Å². The molecule has 1 aromatic carbocycles. The summed E-state index contributed by atoms with van der Waals surface area (Å²) in [7, 11) is 1.67. The molecule has 30 heavy (non-hydrogen) atoms. The van der Waals surface area contributed by atoms with Crippen LogP contribution >= 0.6 is 24.8 Å². The number of benzene rings is 1. The molecule has 3 heterocycles. The Kier molecular flexibility index (Phi) is 9.55. The molecule has 7 nitrogen and oxygen atoms in total. The molecule has 1 amide bonds. The number of carbonyl (C=O) groups excluding carboxylic acids is 1. The van der Waals surface area contributed by atoms with Crippen LogP contribution in [0.2, 0.25) is 0 Å². The normalized spacial score (nSPS) is 21.9. The van der Waals surface area contributed by atoms with E-state index in [9.17, 15) is 4.79 Å². The van der Waals surface area contributed by atoms with Gasteiger partial charge in [0.2, 0.25) is 5.91 Å². The summed E-state index contributed by atoms with van der Waals surface area (Å²) in [4.78, 5) is 14.4. The number of rotatable bonds is 5. The van der Waals surface area contributed by atoms with Crippen molar-refractivity contribution in [2.45, 2.75) is 50.7 Å². The van der Waals surface area contributed by atoms with Gasteiger partial charge in [0.15, 0.2) is 0 Å². The number of hydrogen-bond donors (Lipinski definition) is 2. The second-order valence-electron chi connectivity index (χ2n) is 7.94. The summed E-state index contributed by atoms with van der Waals surface area (Å²) in [6.07, 6.45) is 8.09. The molecule has 0 radical (unpaired) electrons. The summed E-state index contributed by atoms with van der Waals surface area (Å²) < 4.78 is 1.89. The molecule has 0 unspecified atom stereocenters. The Bertz CT molecular complexity index is 789. The zero-order chi connectivity index (χ0) is 19.3. The van der Waals surface area contributed by atoms with Crippen molar-refractivity contribution in [1.29, 1.82) is 0 Å². The van der Waals surface area contributed by atoms with Gasteiger partial charge in [-0.3, -0.25) is 9.69 Å². The highest BCUT2D eigenvalue weighted by Crippen LogP contribution is 2.23. The van der Waals surface area contributed by atoms with E-state index in [1.54, 1.807) is 7.05 Å². The number of carbonyl (C=O) groups is 1. The molecule has 166 valence electrons. The first-order valence-corrected chi connectivity index (χ1v) is 10.4. The van der Waals surface area contributed by atoms with Crippen LogP contribution in [0.25, 0.3) is 11.3 Å². The van der Waals surface area contributed by atoms with E-state index in [0.717, 1.165) is 30.8 Å². The monoisotopic (exact) mass is 454 g/mol. The van der Waals surface area contributed by atoms with E-state index in [1.165, 1.54) is 44.3 Å². The molecule has 0 bridgehead atoms.